The first-order valence-electron chi connectivity index (χ1n) is 5.28. The predicted octanol–water partition coefficient (Wildman–Crippen LogP) is 2.95. The molecule has 1 atom stereocenters. The van der Waals surface area contributed by atoms with Gasteiger partial charge in [0.05, 0.1) is 0 Å². The molecule has 1 unspecified atom stereocenters. The van der Waals surface area contributed by atoms with E-state index in [-0.39, 0.29) is 0 Å². The third-order valence-corrected chi connectivity index (χ3v) is 3.10. The van der Waals surface area contributed by atoms with E-state index in [9.17, 15) is 0 Å². The van der Waals surface area contributed by atoms with E-state index in [2.05, 4.69) is 42.5 Å². The molecule has 0 amide bonds. The Morgan fingerprint density at radius 3 is 3.07 bits per heavy atom. The lowest BCUT2D eigenvalue weighted by molar-refractivity contribution is 0.759. The number of allylic oxidation sites excluding steroid dienone is 5. The van der Waals surface area contributed by atoms with Crippen molar-refractivity contribution in [3.63, 3.8) is 0 Å². The average Bonchev–Trinajstić information content (AvgIpc) is 2.26. The van der Waals surface area contributed by atoms with Gasteiger partial charge in [0.2, 0.25) is 0 Å². The lowest BCUT2D eigenvalue weighted by Gasteiger charge is -2.23. The van der Waals surface area contributed by atoms with Crippen molar-refractivity contribution in [1.82, 2.24) is 0 Å². The van der Waals surface area contributed by atoms with E-state index in [4.69, 9.17) is 5.73 Å². The molecular weight excluding hydrogens is 182 g/mol. The number of benzene rings is 1. The van der Waals surface area contributed by atoms with Gasteiger partial charge in [0.1, 0.15) is 0 Å². The monoisotopic (exact) mass is 195 g/mol. The number of anilines is 1. The van der Waals surface area contributed by atoms with Crippen LogP contribution in [0.4, 0.5) is 5.69 Å². The number of nitrogens with two attached hydrogens (primary N) is 1. The molecule has 0 bridgehead atoms. The van der Waals surface area contributed by atoms with E-state index in [1.807, 2.05) is 6.07 Å². The maximum atomic E-state index is 5.80. The van der Waals surface area contributed by atoms with Crippen LogP contribution in [0.1, 0.15) is 11.1 Å². The summed E-state index contributed by atoms with van der Waals surface area (Å²) < 4.78 is 0. The fraction of sp³-hybridized carbons (Fsp3) is 0.143. The molecule has 0 fully saturated rings. The molecule has 1 heteroatoms. The summed E-state index contributed by atoms with van der Waals surface area (Å²) in [6, 6.07) is 6.17. The molecule has 15 heavy (non-hydrogen) atoms. The summed E-state index contributed by atoms with van der Waals surface area (Å²) in [6.07, 6.45) is 12.0. The minimum atomic E-state index is 0.546. The van der Waals surface area contributed by atoms with Gasteiger partial charge in [-0.3, -0.25) is 0 Å². The molecule has 0 aromatic heterocycles. The van der Waals surface area contributed by atoms with Crippen LogP contribution in [0.2, 0.25) is 0 Å². The highest BCUT2D eigenvalue weighted by Crippen LogP contribution is 2.32. The summed E-state index contributed by atoms with van der Waals surface area (Å²) in [5.74, 6) is 0.546. The van der Waals surface area contributed by atoms with Gasteiger partial charge in [-0.1, -0.05) is 36.4 Å². The van der Waals surface area contributed by atoms with Crippen LogP contribution in [0.25, 0.3) is 6.08 Å². The molecule has 3 rings (SSSR count). The van der Waals surface area contributed by atoms with Crippen LogP contribution in [0.15, 0.2) is 48.1 Å². The topological polar surface area (TPSA) is 26.0 Å². The Balaban J connectivity index is 2.12. The first-order valence-corrected chi connectivity index (χ1v) is 5.28. The Hall–Kier alpha value is -1.76. The van der Waals surface area contributed by atoms with E-state index < -0.39 is 0 Å². The Bertz CT molecular complexity index is 492. The number of rotatable bonds is 0. The second-order valence-corrected chi connectivity index (χ2v) is 4.16. The summed E-state index contributed by atoms with van der Waals surface area (Å²) in [4.78, 5) is 0. The first kappa shape index (κ1) is 8.54. The molecule has 1 aromatic carbocycles. The van der Waals surface area contributed by atoms with E-state index in [0.717, 1.165) is 12.1 Å². The molecule has 0 saturated heterocycles. The van der Waals surface area contributed by atoms with E-state index >= 15 is 0 Å². The Kier molecular flexibility index (Phi) is 1.78. The summed E-state index contributed by atoms with van der Waals surface area (Å²) >= 11 is 0. The van der Waals surface area contributed by atoms with Crippen LogP contribution in [0.5, 0.6) is 0 Å². The number of hydrogen-bond donors (Lipinski definition) is 1. The van der Waals surface area contributed by atoms with Crippen molar-refractivity contribution in [2.45, 2.75) is 6.42 Å². The van der Waals surface area contributed by atoms with Crippen LogP contribution in [0.3, 0.4) is 0 Å². The van der Waals surface area contributed by atoms with Gasteiger partial charge in [0.25, 0.3) is 0 Å². The minimum absolute atomic E-state index is 0.546. The fourth-order valence-corrected chi connectivity index (χ4v) is 2.30. The standard InChI is InChI=1S/C14H13N/c15-14-6-5-12-7-10-3-1-2-4-11(10)8-13(12)9-14/h1-7,9,11H,8,15H2. The van der Waals surface area contributed by atoms with Gasteiger partial charge < -0.3 is 5.73 Å². The molecule has 74 valence electrons. The van der Waals surface area contributed by atoms with Crippen molar-refractivity contribution in [3.05, 3.63) is 59.2 Å². The van der Waals surface area contributed by atoms with Crippen LogP contribution >= 0.6 is 0 Å². The minimum Gasteiger partial charge on any atom is -0.399 e. The summed E-state index contributed by atoms with van der Waals surface area (Å²) in [6.45, 7) is 0. The average molecular weight is 195 g/mol. The molecule has 1 nitrogen and oxygen atoms in total. The van der Waals surface area contributed by atoms with Crippen molar-refractivity contribution >= 4 is 11.8 Å². The maximum Gasteiger partial charge on any atom is 0.0317 e. The third kappa shape index (κ3) is 1.40. The normalized spacial score (nSPS) is 21.9. The molecule has 2 N–H and O–H groups in total. The second kappa shape index (κ2) is 3.13. The highest BCUT2D eigenvalue weighted by molar-refractivity contribution is 5.66. The van der Waals surface area contributed by atoms with Crippen molar-refractivity contribution < 1.29 is 0 Å². The predicted molar refractivity (Wildman–Crippen MR) is 64.3 cm³/mol. The molecule has 2 aliphatic rings. The van der Waals surface area contributed by atoms with Crippen molar-refractivity contribution in [3.8, 4) is 0 Å². The molecule has 0 radical (unpaired) electrons. The zero-order valence-corrected chi connectivity index (χ0v) is 8.48. The fourth-order valence-electron chi connectivity index (χ4n) is 2.30. The first-order chi connectivity index (χ1) is 7.33. The number of hydrogen-bond acceptors (Lipinski definition) is 1. The second-order valence-electron chi connectivity index (χ2n) is 4.16. The lowest BCUT2D eigenvalue weighted by Crippen LogP contribution is -2.11. The number of nitrogen functional groups attached to an aromatic ring is 1. The van der Waals surface area contributed by atoms with Crippen molar-refractivity contribution in [2.75, 3.05) is 5.73 Å². The van der Waals surface area contributed by atoms with E-state index in [0.29, 0.717) is 5.92 Å². The number of fused-ring (bicyclic) bond motifs is 2. The van der Waals surface area contributed by atoms with E-state index in [1.54, 1.807) is 0 Å². The van der Waals surface area contributed by atoms with Gasteiger partial charge in [0, 0.05) is 11.6 Å². The highest BCUT2D eigenvalue weighted by atomic mass is 14.5. The smallest absolute Gasteiger partial charge is 0.0317 e. The van der Waals surface area contributed by atoms with E-state index in [1.165, 1.54) is 16.7 Å². The van der Waals surface area contributed by atoms with Crippen LogP contribution in [-0.4, -0.2) is 0 Å². The van der Waals surface area contributed by atoms with Crippen molar-refractivity contribution in [2.24, 2.45) is 5.92 Å². The Labute approximate surface area is 89.6 Å². The van der Waals surface area contributed by atoms with Crippen LogP contribution in [-0.2, 0) is 6.42 Å². The van der Waals surface area contributed by atoms with Gasteiger partial charge in [0.15, 0.2) is 0 Å². The molecule has 1 aromatic rings. The quantitative estimate of drug-likeness (QED) is 0.633. The zero-order valence-electron chi connectivity index (χ0n) is 8.48. The summed E-state index contributed by atoms with van der Waals surface area (Å²) in [7, 11) is 0. The zero-order chi connectivity index (χ0) is 10.3. The Morgan fingerprint density at radius 2 is 2.13 bits per heavy atom. The van der Waals surface area contributed by atoms with Crippen LogP contribution in [0, 0.1) is 5.92 Å². The molecule has 0 aliphatic heterocycles. The molecule has 0 spiro atoms. The molecule has 2 aliphatic carbocycles. The Morgan fingerprint density at radius 1 is 1.20 bits per heavy atom. The molecule has 0 saturated carbocycles. The third-order valence-electron chi connectivity index (χ3n) is 3.10. The molecule has 0 heterocycles. The summed E-state index contributed by atoms with van der Waals surface area (Å²) in [5, 5.41) is 0. The largest absolute Gasteiger partial charge is 0.399 e. The van der Waals surface area contributed by atoms with Crippen LogP contribution < -0.4 is 5.73 Å². The maximum absolute atomic E-state index is 5.80. The lowest BCUT2D eigenvalue weighted by atomic mass is 9.81. The van der Waals surface area contributed by atoms with Gasteiger partial charge >= 0.3 is 0 Å². The van der Waals surface area contributed by atoms with Gasteiger partial charge in [-0.15, -0.1) is 0 Å². The summed E-state index contributed by atoms with van der Waals surface area (Å²) in [5.41, 5.74) is 10.8. The van der Waals surface area contributed by atoms with Crippen molar-refractivity contribution in [1.29, 1.82) is 0 Å². The van der Waals surface area contributed by atoms with Gasteiger partial charge in [-0.2, -0.15) is 0 Å². The highest BCUT2D eigenvalue weighted by Gasteiger charge is 2.18. The molecular formula is C14H13N. The SMILES string of the molecule is Nc1ccc2c(c1)CC1C=CC=CC1=C2. The van der Waals surface area contributed by atoms with Gasteiger partial charge in [-0.25, -0.2) is 0 Å². The van der Waals surface area contributed by atoms with Gasteiger partial charge in [-0.05, 0) is 35.3 Å².